The van der Waals surface area contributed by atoms with Crippen molar-refractivity contribution in [2.75, 3.05) is 33.2 Å². The molecule has 1 saturated carbocycles. The second kappa shape index (κ2) is 11.1. The Labute approximate surface area is 162 Å². The average Bonchev–Trinajstić information content (AvgIpc) is 3.36. The van der Waals surface area contributed by atoms with Crippen LogP contribution < -0.4 is 10.6 Å². The second-order valence-electron chi connectivity index (χ2n) is 5.66. The fourth-order valence-electron chi connectivity index (χ4n) is 2.55. The molecule has 0 atom stereocenters. The van der Waals surface area contributed by atoms with E-state index in [2.05, 4.69) is 39.6 Å². The largest absolute Gasteiger partial charge is 0.356 e. The maximum Gasteiger partial charge on any atom is 0.191 e. The van der Waals surface area contributed by atoms with Crippen LogP contribution in [-0.2, 0) is 6.42 Å². The predicted molar refractivity (Wildman–Crippen MR) is 110 cm³/mol. The van der Waals surface area contributed by atoms with Gasteiger partial charge in [0.25, 0.3) is 0 Å². The molecule has 1 aliphatic carbocycles. The van der Waals surface area contributed by atoms with Crippen molar-refractivity contribution in [2.45, 2.75) is 32.2 Å². The first-order valence-electron chi connectivity index (χ1n) is 8.16. The van der Waals surface area contributed by atoms with E-state index in [0.29, 0.717) is 0 Å². The smallest absolute Gasteiger partial charge is 0.191 e. The van der Waals surface area contributed by atoms with E-state index in [-0.39, 0.29) is 24.0 Å². The van der Waals surface area contributed by atoms with Gasteiger partial charge in [-0.05, 0) is 43.5 Å². The van der Waals surface area contributed by atoms with E-state index in [1.54, 1.807) is 0 Å². The van der Waals surface area contributed by atoms with Gasteiger partial charge < -0.3 is 10.6 Å². The highest BCUT2D eigenvalue weighted by atomic mass is 127. The van der Waals surface area contributed by atoms with E-state index in [4.69, 9.17) is 11.6 Å². The predicted octanol–water partition coefficient (Wildman–Crippen LogP) is 3.15. The van der Waals surface area contributed by atoms with Gasteiger partial charge in [-0.2, -0.15) is 0 Å². The van der Waals surface area contributed by atoms with E-state index >= 15 is 0 Å². The van der Waals surface area contributed by atoms with Crippen molar-refractivity contribution in [3.63, 3.8) is 0 Å². The summed E-state index contributed by atoms with van der Waals surface area (Å²) >= 11 is 5.89. The Hall–Kier alpha value is -0.530. The van der Waals surface area contributed by atoms with Crippen LogP contribution in [0.1, 0.15) is 25.3 Å². The fourth-order valence-corrected chi connectivity index (χ4v) is 2.68. The zero-order valence-corrected chi connectivity index (χ0v) is 17.1. The molecule has 0 unspecified atom stereocenters. The van der Waals surface area contributed by atoms with E-state index in [1.807, 2.05) is 19.2 Å². The van der Waals surface area contributed by atoms with Crippen LogP contribution in [0.3, 0.4) is 0 Å². The number of aliphatic imine (C=N–C) groups is 1. The Morgan fingerprint density at radius 1 is 1.22 bits per heavy atom. The monoisotopic (exact) mass is 450 g/mol. The SMILES string of the molecule is CCN(CCNC(=NC)NCCc1ccc(Cl)cc1)C1CC1.I. The van der Waals surface area contributed by atoms with Crippen LogP contribution in [0.2, 0.25) is 5.02 Å². The molecule has 2 rings (SSSR count). The van der Waals surface area contributed by atoms with Crippen molar-refractivity contribution >= 4 is 41.5 Å². The molecule has 1 aliphatic rings. The zero-order valence-electron chi connectivity index (χ0n) is 14.0. The van der Waals surface area contributed by atoms with Gasteiger partial charge in [-0.15, -0.1) is 24.0 Å². The molecule has 130 valence electrons. The molecule has 1 aromatic carbocycles. The first kappa shape index (κ1) is 20.5. The van der Waals surface area contributed by atoms with Crippen molar-refractivity contribution in [3.05, 3.63) is 34.9 Å². The van der Waals surface area contributed by atoms with Crippen LogP contribution in [0.5, 0.6) is 0 Å². The molecule has 0 saturated heterocycles. The summed E-state index contributed by atoms with van der Waals surface area (Å²) in [6.07, 6.45) is 3.69. The van der Waals surface area contributed by atoms with Gasteiger partial charge >= 0.3 is 0 Å². The first-order valence-corrected chi connectivity index (χ1v) is 8.53. The van der Waals surface area contributed by atoms with Crippen LogP contribution in [0.4, 0.5) is 0 Å². The first-order chi connectivity index (χ1) is 10.7. The van der Waals surface area contributed by atoms with Gasteiger partial charge in [-0.25, -0.2) is 0 Å². The van der Waals surface area contributed by atoms with Crippen molar-refractivity contribution in [2.24, 2.45) is 4.99 Å². The van der Waals surface area contributed by atoms with Gasteiger partial charge in [0.2, 0.25) is 0 Å². The average molecular weight is 451 g/mol. The number of likely N-dealkylation sites (N-methyl/N-ethyl adjacent to an activating group) is 1. The third kappa shape index (κ3) is 7.72. The molecule has 2 N–H and O–H groups in total. The van der Waals surface area contributed by atoms with Crippen LogP contribution in [-0.4, -0.2) is 50.1 Å². The molecule has 6 heteroatoms. The molecule has 1 aromatic rings. The summed E-state index contributed by atoms with van der Waals surface area (Å²) in [4.78, 5) is 6.81. The molecule has 0 aliphatic heterocycles. The molecular weight excluding hydrogens is 423 g/mol. The molecule has 0 heterocycles. The molecule has 4 nitrogen and oxygen atoms in total. The zero-order chi connectivity index (χ0) is 15.8. The van der Waals surface area contributed by atoms with Gasteiger partial charge in [-0.1, -0.05) is 30.7 Å². The summed E-state index contributed by atoms with van der Waals surface area (Å²) in [6, 6.07) is 8.82. The third-order valence-electron chi connectivity index (χ3n) is 4.00. The Morgan fingerprint density at radius 2 is 1.87 bits per heavy atom. The minimum absolute atomic E-state index is 0. The molecule has 0 spiro atoms. The topological polar surface area (TPSA) is 39.7 Å². The second-order valence-corrected chi connectivity index (χ2v) is 6.10. The lowest BCUT2D eigenvalue weighted by Gasteiger charge is -2.20. The number of rotatable bonds is 8. The van der Waals surface area contributed by atoms with Gasteiger partial charge in [0.05, 0.1) is 0 Å². The lowest BCUT2D eigenvalue weighted by atomic mass is 10.1. The summed E-state index contributed by atoms with van der Waals surface area (Å²) in [5.41, 5.74) is 1.28. The molecule has 23 heavy (non-hydrogen) atoms. The van der Waals surface area contributed by atoms with Crippen molar-refractivity contribution < 1.29 is 0 Å². The van der Waals surface area contributed by atoms with Gasteiger partial charge in [-0.3, -0.25) is 9.89 Å². The summed E-state index contributed by atoms with van der Waals surface area (Å²) in [6.45, 7) is 6.25. The number of guanidine groups is 1. The Bertz CT molecular complexity index is 474. The number of nitrogens with zero attached hydrogens (tertiary/aromatic N) is 2. The van der Waals surface area contributed by atoms with E-state index in [9.17, 15) is 0 Å². The standard InChI is InChI=1S/C17H27ClN4.HI/c1-3-22(16-8-9-16)13-12-21-17(19-2)20-11-10-14-4-6-15(18)7-5-14;/h4-7,16H,3,8-13H2,1-2H3,(H2,19,20,21);1H. The van der Waals surface area contributed by atoms with Crippen molar-refractivity contribution in [3.8, 4) is 0 Å². The molecule has 0 radical (unpaired) electrons. The number of hydrogen-bond donors (Lipinski definition) is 2. The maximum absolute atomic E-state index is 5.89. The number of hydrogen-bond acceptors (Lipinski definition) is 2. The number of nitrogens with one attached hydrogen (secondary N) is 2. The number of halogens is 2. The number of benzene rings is 1. The normalized spacial score (nSPS) is 14.5. The van der Waals surface area contributed by atoms with Crippen LogP contribution in [0.25, 0.3) is 0 Å². The van der Waals surface area contributed by atoms with E-state index in [0.717, 1.165) is 49.6 Å². The highest BCUT2D eigenvalue weighted by molar-refractivity contribution is 14.0. The lowest BCUT2D eigenvalue weighted by molar-refractivity contribution is 0.282. The Kier molecular flexibility index (Phi) is 9.90. The fraction of sp³-hybridized carbons (Fsp3) is 0.588. The Morgan fingerprint density at radius 3 is 2.43 bits per heavy atom. The van der Waals surface area contributed by atoms with Crippen LogP contribution >= 0.6 is 35.6 Å². The molecule has 0 amide bonds. The van der Waals surface area contributed by atoms with Crippen molar-refractivity contribution in [1.82, 2.24) is 15.5 Å². The summed E-state index contributed by atoms with van der Waals surface area (Å²) in [5, 5.41) is 7.53. The lowest BCUT2D eigenvalue weighted by Crippen LogP contribution is -2.42. The Balaban J connectivity index is 0.00000264. The molecule has 0 aromatic heterocycles. The van der Waals surface area contributed by atoms with Crippen molar-refractivity contribution in [1.29, 1.82) is 0 Å². The highest BCUT2D eigenvalue weighted by Gasteiger charge is 2.27. The molecule has 1 fully saturated rings. The van der Waals surface area contributed by atoms with Crippen LogP contribution in [0, 0.1) is 0 Å². The summed E-state index contributed by atoms with van der Waals surface area (Å²) in [7, 11) is 1.82. The minimum atomic E-state index is 0. The van der Waals surface area contributed by atoms with Crippen LogP contribution in [0.15, 0.2) is 29.3 Å². The summed E-state index contributed by atoms with van der Waals surface area (Å²) < 4.78 is 0. The molecule has 0 bridgehead atoms. The van der Waals surface area contributed by atoms with Gasteiger partial charge in [0.1, 0.15) is 0 Å². The third-order valence-corrected chi connectivity index (χ3v) is 4.26. The van der Waals surface area contributed by atoms with Gasteiger partial charge in [0, 0.05) is 37.7 Å². The highest BCUT2D eigenvalue weighted by Crippen LogP contribution is 2.25. The van der Waals surface area contributed by atoms with Gasteiger partial charge in [0.15, 0.2) is 5.96 Å². The quantitative estimate of drug-likeness (QED) is 0.363. The van der Waals surface area contributed by atoms with E-state index in [1.165, 1.54) is 18.4 Å². The maximum atomic E-state index is 5.89. The summed E-state index contributed by atoms with van der Waals surface area (Å²) in [5.74, 6) is 0.876. The molecular formula is C17H28ClIN4. The van der Waals surface area contributed by atoms with E-state index < -0.39 is 0 Å². The minimum Gasteiger partial charge on any atom is -0.356 e.